The van der Waals surface area contributed by atoms with E-state index in [0.717, 1.165) is 27.4 Å². The molecule has 118 valence electrons. The molecule has 0 radical (unpaired) electrons. The molecule has 2 N–H and O–H groups in total. The number of carbonyl (C=O) groups is 1. The summed E-state index contributed by atoms with van der Waals surface area (Å²) in [6, 6.07) is 15.0. The number of aromatic amines is 1. The molecule has 0 aliphatic heterocycles. The summed E-state index contributed by atoms with van der Waals surface area (Å²) >= 11 is 1.63. The summed E-state index contributed by atoms with van der Waals surface area (Å²) in [5, 5.41) is 4.89. The zero-order valence-corrected chi connectivity index (χ0v) is 13.7. The average molecular weight is 334 g/mol. The van der Waals surface area contributed by atoms with E-state index in [-0.39, 0.29) is 5.91 Å². The zero-order chi connectivity index (χ0) is 16.5. The second-order valence-corrected chi connectivity index (χ2v) is 6.36. The van der Waals surface area contributed by atoms with Gasteiger partial charge in [0.2, 0.25) is 0 Å². The summed E-state index contributed by atoms with van der Waals surface area (Å²) in [4.78, 5) is 25.5. The fourth-order valence-corrected chi connectivity index (χ4v) is 3.15. The van der Waals surface area contributed by atoms with E-state index in [0.29, 0.717) is 11.4 Å². The molecule has 0 bridgehead atoms. The average Bonchev–Trinajstić information content (AvgIpc) is 3.23. The lowest BCUT2D eigenvalue weighted by molar-refractivity contribution is 0.102. The predicted molar refractivity (Wildman–Crippen MR) is 96.3 cm³/mol. The topological polar surface area (TPSA) is 70.7 Å². The van der Waals surface area contributed by atoms with Crippen LogP contribution in [0.5, 0.6) is 0 Å². The highest BCUT2D eigenvalue weighted by Gasteiger charge is 2.10. The van der Waals surface area contributed by atoms with Crippen LogP contribution in [0.3, 0.4) is 0 Å². The summed E-state index contributed by atoms with van der Waals surface area (Å²) < 4.78 is 0. The molecule has 0 atom stereocenters. The lowest BCUT2D eigenvalue weighted by atomic mass is 10.2. The smallest absolute Gasteiger partial charge is 0.274 e. The van der Waals surface area contributed by atoms with E-state index in [1.54, 1.807) is 17.4 Å². The van der Waals surface area contributed by atoms with Gasteiger partial charge in [0.25, 0.3) is 5.91 Å². The van der Waals surface area contributed by atoms with Crippen molar-refractivity contribution in [2.45, 2.75) is 6.92 Å². The van der Waals surface area contributed by atoms with E-state index in [1.165, 1.54) is 0 Å². The van der Waals surface area contributed by atoms with Crippen molar-refractivity contribution >= 4 is 34.0 Å². The van der Waals surface area contributed by atoms with Gasteiger partial charge in [0, 0.05) is 11.4 Å². The highest BCUT2D eigenvalue weighted by atomic mass is 32.1. The van der Waals surface area contributed by atoms with Gasteiger partial charge in [0.15, 0.2) is 0 Å². The summed E-state index contributed by atoms with van der Waals surface area (Å²) in [7, 11) is 0. The molecule has 0 fully saturated rings. The van der Waals surface area contributed by atoms with E-state index in [9.17, 15) is 4.79 Å². The normalized spacial score (nSPS) is 10.9. The van der Waals surface area contributed by atoms with Gasteiger partial charge in [-0.1, -0.05) is 12.1 Å². The van der Waals surface area contributed by atoms with E-state index < -0.39 is 0 Å². The molecule has 3 heterocycles. The van der Waals surface area contributed by atoms with Gasteiger partial charge in [-0.3, -0.25) is 4.79 Å². The largest absolute Gasteiger partial charge is 0.337 e. The number of aryl methyl sites for hydroxylation is 1. The number of pyridine rings is 1. The van der Waals surface area contributed by atoms with Crippen molar-refractivity contribution in [3.05, 3.63) is 65.3 Å². The van der Waals surface area contributed by atoms with E-state index in [1.807, 2.05) is 54.8 Å². The van der Waals surface area contributed by atoms with Gasteiger partial charge in [0.05, 0.1) is 15.9 Å². The number of thiophene rings is 1. The Morgan fingerprint density at radius 3 is 2.83 bits per heavy atom. The van der Waals surface area contributed by atoms with Crippen LogP contribution < -0.4 is 5.32 Å². The lowest BCUT2D eigenvalue weighted by Gasteiger charge is -2.05. The first-order chi connectivity index (χ1) is 11.7. The number of H-pyrrole nitrogens is 1. The molecular formula is C18H14N4OS. The van der Waals surface area contributed by atoms with Crippen LogP contribution in [0.1, 0.15) is 16.2 Å². The number of rotatable bonds is 3. The molecule has 5 nitrogen and oxygen atoms in total. The van der Waals surface area contributed by atoms with Crippen LogP contribution in [0, 0.1) is 6.92 Å². The monoisotopic (exact) mass is 334 g/mol. The number of aromatic nitrogens is 3. The van der Waals surface area contributed by atoms with Crippen LogP contribution in [-0.2, 0) is 0 Å². The molecule has 0 saturated heterocycles. The van der Waals surface area contributed by atoms with E-state index in [2.05, 4.69) is 20.3 Å². The highest BCUT2D eigenvalue weighted by Crippen LogP contribution is 2.26. The third-order valence-electron chi connectivity index (χ3n) is 3.62. The van der Waals surface area contributed by atoms with Gasteiger partial charge in [-0.2, -0.15) is 0 Å². The first-order valence-corrected chi connectivity index (χ1v) is 8.36. The molecule has 1 amide bonds. The summed E-state index contributed by atoms with van der Waals surface area (Å²) in [6.45, 7) is 1.86. The van der Waals surface area contributed by atoms with Crippen molar-refractivity contribution in [3.63, 3.8) is 0 Å². The number of carbonyl (C=O) groups excluding carboxylic acids is 1. The summed E-state index contributed by atoms with van der Waals surface area (Å²) in [5.74, 6) is 0.611. The number of nitrogens with one attached hydrogen (secondary N) is 2. The Hall–Kier alpha value is -2.99. The molecule has 1 aromatic carbocycles. The Labute approximate surface area is 142 Å². The second-order valence-electron chi connectivity index (χ2n) is 5.41. The van der Waals surface area contributed by atoms with Crippen molar-refractivity contribution in [1.29, 1.82) is 0 Å². The molecule has 0 saturated carbocycles. The van der Waals surface area contributed by atoms with Crippen LogP contribution in [0.2, 0.25) is 0 Å². The fraction of sp³-hybridized carbons (Fsp3) is 0.0556. The van der Waals surface area contributed by atoms with Crippen LogP contribution in [-0.4, -0.2) is 20.9 Å². The molecule has 0 aliphatic carbocycles. The Morgan fingerprint density at radius 2 is 2.04 bits per heavy atom. The van der Waals surface area contributed by atoms with E-state index in [4.69, 9.17) is 0 Å². The molecule has 3 aromatic heterocycles. The number of imidazole rings is 1. The Balaban J connectivity index is 1.62. The number of amides is 1. The first kappa shape index (κ1) is 14.6. The molecule has 4 aromatic rings. The summed E-state index contributed by atoms with van der Waals surface area (Å²) in [6.07, 6.45) is 0. The third-order valence-corrected chi connectivity index (χ3v) is 4.49. The number of anilines is 1. The highest BCUT2D eigenvalue weighted by molar-refractivity contribution is 7.13. The molecule has 4 rings (SSSR count). The van der Waals surface area contributed by atoms with Crippen LogP contribution in [0.15, 0.2) is 53.9 Å². The predicted octanol–water partition coefficient (Wildman–Crippen LogP) is 4.25. The molecule has 0 spiro atoms. The molecular weight excluding hydrogens is 320 g/mol. The van der Waals surface area contributed by atoms with Gasteiger partial charge < -0.3 is 10.3 Å². The first-order valence-electron chi connectivity index (χ1n) is 7.48. The van der Waals surface area contributed by atoms with Crippen LogP contribution in [0.4, 0.5) is 5.69 Å². The molecule has 0 unspecified atom stereocenters. The lowest BCUT2D eigenvalue weighted by Crippen LogP contribution is -2.13. The molecule has 0 aliphatic rings. The molecule has 6 heteroatoms. The second kappa shape index (κ2) is 5.90. The minimum Gasteiger partial charge on any atom is -0.337 e. The van der Waals surface area contributed by atoms with E-state index >= 15 is 0 Å². The van der Waals surface area contributed by atoms with Crippen LogP contribution >= 0.6 is 11.3 Å². The van der Waals surface area contributed by atoms with Crippen molar-refractivity contribution in [3.8, 4) is 10.7 Å². The third kappa shape index (κ3) is 2.79. The maximum absolute atomic E-state index is 12.3. The number of nitrogens with zero attached hydrogens (tertiary/aromatic N) is 2. The summed E-state index contributed by atoms with van der Waals surface area (Å²) in [5.41, 5.74) is 3.67. The fourth-order valence-electron chi connectivity index (χ4n) is 2.48. The SMILES string of the molecule is Cc1cccc(C(=O)Nc2ccc3nc(-c4cccs4)[nH]c3c2)n1. The van der Waals surface area contributed by atoms with Gasteiger partial charge in [0.1, 0.15) is 11.5 Å². The standard InChI is InChI=1S/C18H14N4OS/c1-11-4-2-5-14(19-11)18(23)20-12-7-8-13-15(10-12)22-17(21-13)16-6-3-9-24-16/h2-10H,1H3,(H,20,23)(H,21,22). The zero-order valence-electron chi connectivity index (χ0n) is 12.9. The van der Waals surface area contributed by atoms with Gasteiger partial charge in [-0.05, 0) is 48.7 Å². The number of hydrogen-bond acceptors (Lipinski definition) is 4. The van der Waals surface area contributed by atoms with Gasteiger partial charge >= 0.3 is 0 Å². The number of fused-ring (bicyclic) bond motifs is 1. The Morgan fingerprint density at radius 1 is 1.12 bits per heavy atom. The quantitative estimate of drug-likeness (QED) is 0.588. The van der Waals surface area contributed by atoms with Crippen molar-refractivity contribution in [2.75, 3.05) is 5.32 Å². The van der Waals surface area contributed by atoms with Crippen molar-refractivity contribution in [2.24, 2.45) is 0 Å². The van der Waals surface area contributed by atoms with Gasteiger partial charge in [-0.15, -0.1) is 11.3 Å². The minimum absolute atomic E-state index is 0.226. The van der Waals surface area contributed by atoms with Crippen molar-refractivity contribution in [1.82, 2.24) is 15.0 Å². The Kier molecular flexibility index (Phi) is 3.59. The number of benzene rings is 1. The maximum atomic E-state index is 12.3. The van der Waals surface area contributed by atoms with Gasteiger partial charge in [-0.25, -0.2) is 9.97 Å². The number of hydrogen-bond donors (Lipinski definition) is 2. The maximum Gasteiger partial charge on any atom is 0.274 e. The Bertz CT molecular complexity index is 1020. The minimum atomic E-state index is -0.226. The van der Waals surface area contributed by atoms with Crippen LogP contribution in [0.25, 0.3) is 21.7 Å². The molecule has 24 heavy (non-hydrogen) atoms. The van der Waals surface area contributed by atoms with Crippen molar-refractivity contribution < 1.29 is 4.79 Å².